The fourth-order valence-corrected chi connectivity index (χ4v) is 4.56. The highest BCUT2D eigenvalue weighted by Crippen LogP contribution is 2.30. The molecule has 1 heterocycles. The first-order valence-electron chi connectivity index (χ1n) is 13.6. The van der Waals surface area contributed by atoms with Crippen LogP contribution in [0.5, 0.6) is 0 Å². The van der Waals surface area contributed by atoms with Crippen molar-refractivity contribution < 1.29 is 0 Å². The predicted molar refractivity (Wildman–Crippen MR) is 164 cm³/mol. The van der Waals surface area contributed by atoms with Gasteiger partial charge in [-0.05, 0) is 40.0 Å². The van der Waals surface area contributed by atoms with Crippen molar-refractivity contribution in [3.8, 4) is 45.3 Å². The van der Waals surface area contributed by atoms with Gasteiger partial charge in [-0.15, -0.1) is 0 Å². The van der Waals surface area contributed by atoms with Crippen molar-refractivity contribution in [3.63, 3.8) is 0 Å². The Balaban J connectivity index is 1.58. The number of benzene rings is 4. The molecule has 0 aliphatic heterocycles. The Kier molecular flexibility index (Phi) is 6.94. The van der Waals surface area contributed by atoms with Gasteiger partial charge in [0.1, 0.15) is 0 Å². The quantitative estimate of drug-likeness (QED) is 0.241. The second-order valence-corrected chi connectivity index (χ2v) is 12.4. The van der Waals surface area contributed by atoms with Gasteiger partial charge in [0, 0.05) is 16.7 Å². The summed E-state index contributed by atoms with van der Waals surface area (Å²) in [5.74, 6) is 2.03. The summed E-state index contributed by atoms with van der Waals surface area (Å²) in [5.41, 5.74) is 9.29. The van der Waals surface area contributed by atoms with E-state index < -0.39 is 0 Å². The fraction of sp³-hybridized carbons (Fsp3) is 0.250. The van der Waals surface area contributed by atoms with Crippen LogP contribution in [0.25, 0.3) is 45.3 Å². The van der Waals surface area contributed by atoms with Crippen molar-refractivity contribution in [2.24, 2.45) is 0 Å². The van der Waals surface area contributed by atoms with E-state index in [9.17, 15) is 0 Å². The SMILES string of the molecule is Cc1ccc(-c2ccc(-c3nc(-c4ccc(C(C)(C)C)cc4)nc(-c4ccc(C(C)(C)C)cc4)n3)cc2)cc1. The van der Waals surface area contributed by atoms with E-state index in [1.54, 1.807) is 0 Å². The van der Waals surface area contributed by atoms with Gasteiger partial charge in [-0.25, -0.2) is 15.0 Å². The van der Waals surface area contributed by atoms with E-state index >= 15 is 0 Å². The minimum atomic E-state index is 0.0853. The summed E-state index contributed by atoms with van der Waals surface area (Å²) in [6.45, 7) is 15.5. The zero-order chi connectivity index (χ0) is 27.8. The Labute approximate surface area is 233 Å². The molecule has 3 heteroatoms. The summed E-state index contributed by atoms with van der Waals surface area (Å²) in [7, 11) is 0. The van der Waals surface area contributed by atoms with E-state index in [2.05, 4.69) is 146 Å². The number of hydrogen-bond acceptors (Lipinski definition) is 3. The fourth-order valence-electron chi connectivity index (χ4n) is 4.56. The van der Waals surface area contributed by atoms with E-state index in [0.29, 0.717) is 17.5 Å². The van der Waals surface area contributed by atoms with Crippen LogP contribution in [-0.2, 0) is 10.8 Å². The molecule has 0 amide bonds. The summed E-state index contributed by atoms with van der Waals surface area (Å²) < 4.78 is 0. The van der Waals surface area contributed by atoms with Gasteiger partial charge in [-0.2, -0.15) is 0 Å². The Morgan fingerprint density at radius 1 is 0.359 bits per heavy atom. The molecule has 0 unspecified atom stereocenters. The summed E-state index contributed by atoms with van der Waals surface area (Å²) in [5, 5.41) is 0. The summed E-state index contributed by atoms with van der Waals surface area (Å²) in [6.07, 6.45) is 0. The number of hydrogen-bond donors (Lipinski definition) is 0. The molecule has 39 heavy (non-hydrogen) atoms. The molecule has 1 aromatic heterocycles. The molecule has 0 saturated heterocycles. The predicted octanol–water partition coefficient (Wildman–Crippen LogP) is 9.44. The van der Waals surface area contributed by atoms with Gasteiger partial charge >= 0.3 is 0 Å². The maximum atomic E-state index is 4.94. The molecular formula is C36H37N3. The highest BCUT2D eigenvalue weighted by molar-refractivity contribution is 5.70. The third-order valence-corrected chi connectivity index (χ3v) is 7.18. The Morgan fingerprint density at radius 3 is 0.923 bits per heavy atom. The number of rotatable bonds is 4. The molecule has 0 atom stereocenters. The van der Waals surface area contributed by atoms with Crippen molar-refractivity contribution in [1.29, 1.82) is 0 Å². The largest absolute Gasteiger partial charge is 0.208 e. The molecule has 5 aromatic rings. The van der Waals surface area contributed by atoms with E-state index in [4.69, 9.17) is 15.0 Å². The Morgan fingerprint density at radius 2 is 0.615 bits per heavy atom. The first-order valence-corrected chi connectivity index (χ1v) is 13.6. The summed E-state index contributed by atoms with van der Waals surface area (Å²) in [4.78, 5) is 14.8. The van der Waals surface area contributed by atoms with E-state index in [1.807, 2.05) is 0 Å². The molecule has 0 radical (unpaired) electrons. The van der Waals surface area contributed by atoms with Gasteiger partial charge < -0.3 is 0 Å². The molecule has 0 aliphatic rings. The summed E-state index contributed by atoms with van der Waals surface area (Å²) in [6, 6.07) is 34.2. The molecule has 4 aromatic carbocycles. The van der Waals surface area contributed by atoms with Crippen LogP contribution in [0, 0.1) is 6.92 Å². The van der Waals surface area contributed by atoms with Crippen LogP contribution in [0.2, 0.25) is 0 Å². The van der Waals surface area contributed by atoms with Crippen molar-refractivity contribution in [2.45, 2.75) is 59.3 Å². The van der Waals surface area contributed by atoms with Crippen LogP contribution in [-0.4, -0.2) is 15.0 Å². The monoisotopic (exact) mass is 511 g/mol. The second kappa shape index (κ2) is 10.2. The van der Waals surface area contributed by atoms with E-state index in [-0.39, 0.29) is 10.8 Å². The Bertz CT molecular complexity index is 1490. The molecule has 196 valence electrons. The number of aryl methyl sites for hydroxylation is 1. The first kappa shape index (κ1) is 26.5. The Hall–Kier alpha value is -4.11. The average molecular weight is 512 g/mol. The molecule has 0 spiro atoms. The minimum Gasteiger partial charge on any atom is -0.208 e. The zero-order valence-electron chi connectivity index (χ0n) is 24.1. The van der Waals surface area contributed by atoms with Crippen molar-refractivity contribution in [2.75, 3.05) is 0 Å². The topological polar surface area (TPSA) is 38.7 Å². The first-order chi connectivity index (χ1) is 18.5. The smallest absolute Gasteiger partial charge is 0.164 e. The van der Waals surface area contributed by atoms with Gasteiger partial charge in [0.25, 0.3) is 0 Å². The van der Waals surface area contributed by atoms with Crippen molar-refractivity contribution in [3.05, 3.63) is 114 Å². The van der Waals surface area contributed by atoms with E-state index in [1.165, 1.54) is 27.8 Å². The number of aromatic nitrogens is 3. The van der Waals surface area contributed by atoms with Crippen LogP contribution in [0.1, 0.15) is 58.2 Å². The van der Waals surface area contributed by atoms with Crippen LogP contribution in [0.4, 0.5) is 0 Å². The molecule has 0 fully saturated rings. The summed E-state index contributed by atoms with van der Waals surface area (Å²) >= 11 is 0. The highest BCUT2D eigenvalue weighted by Gasteiger charge is 2.17. The third-order valence-electron chi connectivity index (χ3n) is 7.18. The van der Waals surface area contributed by atoms with Gasteiger partial charge in [0.2, 0.25) is 0 Å². The molecule has 5 rings (SSSR count). The lowest BCUT2D eigenvalue weighted by Gasteiger charge is -2.19. The molecule has 0 saturated carbocycles. The van der Waals surface area contributed by atoms with Crippen LogP contribution in [0.15, 0.2) is 97.1 Å². The van der Waals surface area contributed by atoms with Crippen LogP contribution >= 0.6 is 0 Å². The molecule has 3 nitrogen and oxygen atoms in total. The molecular weight excluding hydrogens is 474 g/mol. The van der Waals surface area contributed by atoms with Crippen LogP contribution in [0.3, 0.4) is 0 Å². The average Bonchev–Trinajstić information content (AvgIpc) is 2.92. The normalized spacial score (nSPS) is 12.0. The molecule has 0 bridgehead atoms. The lowest BCUT2D eigenvalue weighted by atomic mass is 9.86. The van der Waals surface area contributed by atoms with Gasteiger partial charge in [0.15, 0.2) is 17.5 Å². The number of nitrogens with zero attached hydrogens (tertiary/aromatic N) is 3. The lowest BCUT2D eigenvalue weighted by molar-refractivity contribution is 0.590. The maximum Gasteiger partial charge on any atom is 0.164 e. The zero-order valence-corrected chi connectivity index (χ0v) is 24.1. The second-order valence-electron chi connectivity index (χ2n) is 12.4. The van der Waals surface area contributed by atoms with Crippen molar-refractivity contribution in [1.82, 2.24) is 15.0 Å². The lowest BCUT2D eigenvalue weighted by Crippen LogP contribution is -2.10. The standard InChI is InChI=1S/C36H37N3/c1-24-8-10-25(11-9-24)26-12-14-27(15-13-26)32-37-33(28-16-20-30(21-17-28)35(2,3)4)39-34(38-32)29-18-22-31(23-19-29)36(5,6)7/h8-23H,1-7H3. The van der Waals surface area contributed by atoms with Gasteiger partial charge in [-0.1, -0.05) is 144 Å². The highest BCUT2D eigenvalue weighted by atomic mass is 15.0. The van der Waals surface area contributed by atoms with Crippen LogP contribution < -0.4 is 0 Å². The molecule has 0 aliphatic carbocycles. The van der Waals surface area contributed by atoms with Crippen molar-refractivity contribution >= 4 is 0 Å². The molecule has 0 N–H and O–H groups in total. The third kappa shape index (κ3) is 5.98. The van der Waals surface area contributed by atoms with Gasteiger partial charge in [0.05, 0.1) is 0 Å². The van der Waals surface area contributed by atoms with Gasteiger partial charge in [-0.3, -0.25) is 0 Å². The minimum absolute atomic E-state index is 0.0853. The maximum absolute atomic E-state index is 4.94. The van der Waals surface area contributed by atoms with E-state index in [0.717, 1.165) is 16.7 Å².